The number of halogens is 1. The van der Waals surface area contributed by atoms with Gasteiger partial charge in [-0.25, -0.2) is 4.39 Å². The highest BCUT2D eigenvalue weighted by atomic mass is 19.1. The maximum atomic E-state index is 13.5. The summed E-state index contributed by atoms with van der Waals surface area (Å²) in [5, 5.41) is 3.14. The van der Waals surface area contributed by atoms with E-state index in [4.69, 9.17) is 0 Å². The number of likely N-dealkylation sites (tertiary alicyclic amines) is 1. The topological polar surface area (TPSA) is 32.3 Å². The highest BCUT2D eigenvalue weighted by Gasteiger charge is 2.21. The van der Waals surface area contributed by atoms with Crippen molar-refractivity contribution in [2.24, 2.45) is 0 Å². The Hall–Kier alpha value is -1.58. The number of amides is 1. The summed E-state index contributed by atoms with van der Waals surface area (Å²) in [4.78, 5) is 14.4. The number of rotatable bonds is 3. The molecule has 0 aromatic heterocycles. The van der Waals surface area contributed by atoms with Crippen molar-refractivity contribution in [2.75, 3.05) is 18.4 Å². The lowest BCUT2D eigenvalue weighted by Crippen LogP contribution is -2.42. The van der Waals surface area contributed by atoms with Crippen LogP contribution in [-0.2, 0) is 4.79 Å². The standard InChI is InChI=1S/C16H23FN2O/c1-12-14(17)8-7-9-15(12)18-13(2)16(20)19-10-5-3-4-6-11-19/h7-9,13,18H,3-6,10-11H2,1-2H3. The number of nitrogens with one attached hydrogen (secondary N) is 1. The Labute approximate surface area is 120 Å². The minimum Gasteiger partial charge on any atom is -0.374 e. The van der Waals surface area contributed by atoms with Crippen LogP contribution in [0.15, 0.2) is 18.2 Å². The van der Waals surface area contributed by atoms with Gasteiger partial charge in [0.15, 0.2) is 0 Å². The summed E-state index contributed by atoms with van der Waals surface area (Å²) in [7, 11) is 0. The summed E-state index contributed by atoms with van der Waals surface area (Å²) >= 11 is 0. The molecule has 1 fully saturated rings. The Morgan fingerprint density at radius 2 is 1.90 bits per heavy atom. The fourth-order valence-corrected chi connectivity index (χ4v) is 2.62. The van der Waals surface area contributed by atoms with E-state index < -0.39 is 0 Å². The lowest BCUT2D eigenvalue weighted by Gasteiger charge is -2.25. The van der Waals surface area contributed by atoms with Crippen molar-refractivity contribution in [2.45, 2.75) is 45.6 Å². The Bertz CT molecular complexity index is 468. The molecule has 1 aromatic rings. The summed E-state index contributed by atoms with van der Waals surface area (Å²) < 4.78 is 13.5. The van der Waals surface area contributed by atoms with E-state index in [1.165, 1.54) is 18.9 Å². The molecule has 1 aromatic carbocycles. The fourth-order valence-electron chi connectivity index (χ4n) is 2.62. The van der Waals surface area contributed by atoms with Gasteiger partial charge in [0.1, 0.15) is 11.9 Å². The monoisotopic (exact) mass is 278 g/mol. The zero-order chi connectivity index (χ0) is 14.5. The van der Waals surface area contributed by atoms with Gasteiger partial charge in [-0.15, -0.1) is 0 Å². The van der Waals surface area contributed by atoms with Gasteiger partial charge in [-0.3, -0.25) is 4.79 Å². The molecule has 20 heavy (non-hydrogen) atoms. The zero-order valence-electron chi connectivity index (χ0n) is 12.3. The minimum absolute atomic E-state index is 0.107. The SMILES string of the molecule is Cc1c(F)cccc1NC(C)C(=O)N1CCCCCC1. The van der Waals surface area contributed by atoms with E-state index in [1.54, 1.807) is 13.0 Å². The summed E-state index contributed by atoms with van der Waals surface area (Å²) in [6.07, 6.45) is 4.57. The van der Waals surface area contributed by atoms with Gasteiger partial charge >= 0.3 is 0 Å². The molecule has 1 saturated heterocycles. The predicted molar refractivity (Wildman–Crippen MR) is 79.3 cm³/mol. The number of hydrogen-bond acceptors (Lipinski definition) is 2. The zero-order valence-corrected chi connectivity index (χ0v) is 12.3. The van der Waals surface area contributed by atoms with Gasteiger partial charge in [0.05, 0.1) is 0 Å². The van der Waals surface area contributed by atoms with E-state index in [9.17, 15) is 9.18 Å². The summed E-state index contributed by atoms with van der Waals surface area (Å²) in [6, 6.07) is 4.58. The van der Waals surface area contributed by atoms with Crippen molar-refractivity contribution in [3.8, 4) is 0 Å². The molecule has 110 valence electrons. The third-order valence-electron chi connectivity index (χ3n) is 3.93. The molecule has 1 unspecified atom stereocenters. The molecule has 0 spiro atoms. The molecule has 0 aliphatic carbocycles. The van der Waals surface area contributed by atoms with Gasteiger partial charge in [-0.05, 0) is 38.8 Å². The van der Waals surface area contributed by atoms with Crippen molar-refractivity contribution in [3.63, 3.8) is 0 Å². The molecule has 0 bridgehead atoms. The van der Waals surface area contributed by atoms with Crippen LogP contribution in [0.2, 0.25) is 0 Å². The Morgan fingerprint density at radius 1 is 1.25 bits per heavy atom. The Kier molecular flexibility index (Phi) is 4.99. The third kappa shape index (κ3) is 3.50. The molecular weight excluding hydrogens is 255 g/mol. The van der Waals surface area contributed by atoms with Crippen LogP contribution in [0, 0.1) is 12.7 Å². The maximum Gasteiger partial charge on any atom is 0.244 e. The molecule has 2 rings (SSSR count). The largest absolute Gasteiger partial charge is 0.374 e. The predicted octanol–water partition coefficient (Wildman–Crippen LogP) is 3.34. The molecule has 1 aliphatic rings. The van der Waals surface area contributed by atoms with E-state index in [-0.39, 0.29) is 17.8 Å². The maximum absolute atomic E-state index is 13.5. The Balaban J connectivity index is 2.01. The molecule has 1 aliphatic heterocycles. The lowest BCUT2D eigenvalue weighted by molar-refractivity contribution is -0.131. The second-order valence-electron chi connectivity index (χ2n) is 5.52. The highest BCUT2D eigenvalue weighted by Crippen LogP contribution is 2.19. The van der Waals surface area contributed by atoms with E-state index >= 15 is 0 Å². The average Bonchev–Trinajstić information content (AvgIpc) is 2.72. The second kappa shape index (κ2) is 6.73. The number of carbonyl (C=O) groups is 1. The molecule has 1 heterocycles. The van der Waals surface area contributed by atoms with Crippen LogP contribution in [0.5, 0.6) is 0 Å². The molecule has 3 nitrogen and oxygen atoms in total. The molecule has 4 heteroatoms. The molecule has 0 radical (unpaired) electrons. The number of hydrogen-bond donors (Lipinski definition) is 1. The van der Waals surface area contributed by atoms with Crippen LogP contribution >= 0.6 is 0 Å². The first-order valence-corrected chi connectivity index (χ1v) is 7.40. The Morgan fingerprint density at radius 3 is 2.55 bits per heavy atom. The molecule has 1 amide bonds. The quantitative estimate of drug-likeness (QED) is 0.919. The highest BCUT2D eigenvalue weighted by molar-refractivity contribution is 5.84. The first-order valence-electron chi connectivity index (χ1n) is 7.40. The molecular formula is C16H23FN2O. The molecule has 0 saturated carbocycles. The van der Waals surface area contributed by atoms with Crippen molar-refractivity contribution in [1.29, 1.82) is 0 Å². The van der Waals surface area contributed by atoms with Crippen LogP contribution in [0.4, 0.5) is 10.1 Å². The number of nitrogens with zero attached hydrogens (tertiary/aromatic N) is 1. The minimum atomic E-state index is -0.325. The fraction of sp³-hybridized carbons (Fsp3) is 0.562. The van der Waals surface area contributed by atoms with Crippen LogP contribution in [0.1, 0.15) is 38.2 Å². The van der Waals surface area contributed by atoms with Crippen LogP contribution in [0.25, 0.3) is 0 Å². The lowest BCUT2D eigenvalue weighted by atomic mass is 10.1. The second-order valence-corrected chi connectivity index (χ2v) is 5.52. The first kappa shape index (κ1) is 14.8. The van der Waals surface area contributed by atoms with Crippen molar-refractivity contribution in [1.82, 2.24) is 4.90 Å². The van der Waals surface area contributed by atoms with Crippen molar-refractivity contribution in [3.05, 3.63) is 29.6 Å². The van der Waals surface area contributed by atoms with Gasteiger partial charge in [-0.2, -0.15) is 0 Å². The van der Waals surface area contributed by atoms with Crippen LogP contribution in [0.3, 0.4) is 0 Å². The molecule has 1 N–H and O–H groups in total. The van der Waals surface area contributed by atoms with Gasteiger partial charge in [0.25, 0.3) is 0 Å². The number of carbonyl (C=O) groups excluding carboxylic acids is 1. The molecule has 1 atom stereocenters. The number of benzene rings is 1. The van der Waals surface area contributed by atoms with Gasteiger partial charge < -0.3 is 10.2 Å². The normalized spacial score (nSPS) is 17.4. The average molecular weight is 278 g/mol. The smallest absolute Gasteiger partial charge is 0.244 e. The van der Waals surface area contributed by atoms with E-state index in [2.05, 4.69) is 5.32 Å². The summed E-state index contributed by atoms with van der Waals surface area (Å²) in [5.74, 6) is -0.139. The van der Waals surface area contributed by atoms with Gasteiger partial charge in [-0.1, -0.05) is 18.9 Å². The van der Waals surface area contributed by atoms with Crippen LogP contribution < -0.4 is 5.32 Å². The van der Waals surface area contributed by atoms with Crippen molar-refractivity contribution >= 4 is 11.6 Å². The van der Waals surface area contributed by atoms with E-state index in [0.29, 0.717) is 11.3 Å². The first-order chi connectivity index (χ1) is 9.59. The van der Waals surface area contributed by atoms with Gasteiger partial charge in [0, 0.05) is 24.3 Å². The van der Waals surface area contributed by atoms with Crippen molar-refractivity contribution < 1.29 is 9.18 Å². The summed E-state index contributed by atoms with van der Waals surface area (Å²) in [5.41, 5.74) is 1.25. The van der Waals surface area contributed by atoms with Gasteiger partial charge in [0.2, 0.25) is 5.91 Å². The van der Waals surface area contributed by atoms with E-state index in [1.807, 2.05) is 17.9 Å². The van der Waals surface area contributed by atoms with E-state index in [0.717, 1.165) is 25.9 Å². The summed E-state index contributed by atoms with van der Waals surface area (Å²) in [6.45, 7) is 5.25. The number of anilines is 1. The third-order valence-corrected chi connectivity index (χ3v) is 3.93. The van der Waals surface area contributed by atoms with Crippen LogP contribution in [-0.4, -0.2) is 29.9 Å².